The van der Waals surface area contributed by atoms with Gasteiger partial charge in [-0.1, -0.05) is 30.1 Å². The smallest absolute Gasteiger partial charge is 0.0991 e. The summed E-state index contributed by atoms with van der Waals surface area (Å²) in [5.74, 6) is 0.810. The zero-order chi connectivity index (χ0) is 10.3. The highest BCUT2D eigenvalue weighted by Gasteiger charge is 2.33. The molecule has 4 heteroatoms. The summed E-state index contributed by atoms with van der Waals surface area (Å²) in [7, 11) is 0. The molecular weight excluding hydrogens is 237 g/mol. The van der Waals surface area contributed by atoms with Crippen molar-refractivity contribution < 1.29 is 0 Å². The van der Waals surface area contributed by atoms with Gasteiger partial charge in [0.1, 0.15) is 0 Å². The molecule has 2 rings (SSSR count). The van der Waals surface area contributed by atoms with Crippen LogP contribution < -0.4 is 5.32 Å². The molecule has 0 spiro atoms. The van der Waals surface area contributed by atoms with E-state index in [0.717, 1.165) is 20.2 Å². The fourth-order valence-electron chi connectivity index (χ4n) is 1.61. The maximum absolute atomic E-state index is 6.07. The van der Waals surface area contributed by atoms with Crippen molar-refractivity contribution in [1.29, 1.82) is 0 Å². The van der Waals surface area contributed by atoms with Crippen LogP contribution in [0.5, 0.6) is 0 Å². The van der Waals surface area contributed by atoms with E-state index in [0.29, 0.717) is 12.1 Å². The predicted octanol–water partition coefficient (Wildman–Crippen LogP) is 4.11. The molecule has 0 bridgehead atoms. The molecule has 0 aliphatic heterocycles. The van der Waals surface area contributed by atoms with Crippen LogP contribution in [0.2, 0.25) is 8.67 Å². The van der Waals surface area contributed by atoms with Crippen LogP contribution in [0, 0.1) is 5.92 Å². The van der Waals surface area contributed by atoms with Crippen LogP contribution in [-0.4, -0.2) is 6.04 Å². The maximum atomic E-state index is 6.07. The summed E-state index contributed by atoms with van der Waals surface area (Å²) in [5.41, 5.74) is 1.13. The minimum absolute atomic E-state index is 0.307. The van der Waals surface area contributed by atoms with Gasteiger partial charge in [-0.05, 0) is 30.9 Å². The average Bonchev–Trinajstić information content (AvgIpc) is 2.64. The van der Waals surface area contributed by atoms with Crippen molar-refractivity contribution in [3.05, 3.63) is 20.3 Å². The lowest BCUT2D eigenvalue weighted by Crippen LogP contribution is -2.21. The first-order valence-corrected chi connectivity index (χ1v) is 6.36. The van der Waals surface area contributed by atoms with Gasteiger partial charge < -0.3 is 5.32 Å². The van der Waals surface area contributed by atoms with Gasteiger partial charge in [0.2, 0.25) is 0 Å². The highest BCUT2D eigenvalue weighted by Crippen LogP contribution is 2.37. The van der Waals surface area contributed by atoms with Gasteiger partial charge >= 0.3 is 0 Å². The summed E-state index contributed by atoms with van der Waals surface area (Å²) >= 11 is 13.4. The van der Waals surface area contributed by atoms with E-state index < -0.39 is 0 Å². The first kappa shape index (κ1) is 10.7. The van der Waals surface area contributed by atoms with Gasteiger partial charge in [-0.25, -0.2) is 0 Å². The Hall–Kier alpha value is 0.240. The molecule has 0 saturated heterocycles. The lowest BCUT2D eigenvalue weighted by Gasteiger charge is -2.12. The largest absolute Gasteiger partial charge is 0.307 e. The molecule has 78 valence electrons. The third-order valence-corrected chi connectivity index (χ3v) is 4.24. The van der Waals surface area contributed by atoms with E-state index in [-0.39, 0.29) is 0 Å². The van der Waals surface area contributed by atoms with Crippen LogP contribution >= 0.6 is 34.5 Å². The monoisotopic (exact) mass is 249 g/mol. The van der Waals surface area contributed by atoms with E-state index in [2.05, 4.69) is 19.2 Å². The van der Waals surface area contributed by atoms with Crippen molar-refractivity contribution in [2.45, 2.75) is 32.4 Å². The fraction of sp³-hybridized carbons (Fsp3) is 0.600. The molecule has 1 aromatic rings. The third-order valence-electron chi connectivity index (χ3n) is 2.72. The Kier molecular flexibility index (Phi) is 3.08. The number of halogens is 2. The Bertz CT molecular complexity index is 337. The molecule has 1 aliphatic carbocycles. The second kappa shape index (κ2) is 4.01. The number of rotatable bonds is 3. The van der Waals surface area contributed by atoms with Gasteiger partial charge in [0.15, 0.2) is 0 Å². The molecule has 1 aliphatic rings. The van der Waals surface area contributed by atoms with E-state index in [1.807, 2.05) is 6.07 Å². The number of hydrogen-bond donors (Lipinski definition) is 1. The number of hydrogen-bond acceptors (Lipinski definition) is 2. The van der Waals surface area contributed by atoms with E-state index in [4.69, 9.17) is 23.2 Å². The lowest BCUT2D eigenvalue weighted by atomic mass is 10.2. The van der Waals surface area contributed by atoms with Crippen molar-refractivity contribution in [3.8, 4) is 0 Å². The van der Waals surface area contributed by atoms with Gasteiger partial charge in [0, 0.05) is 12.1 Å². The Morgan fingerprint density at radius 3 is 2.64 bits per heavy atom. The van der Waals surface area contributed by atoms with Crippen LogP contribution in [0.25, 0.3) is 0 Å². The van der Waals surface area contributed by atoms with Gasteiger partial charge in [0.25, 0.3) is 0 Å². The highest BCUT2D eigenvalue weighted by molar-refractivity contribution is 7.20. The molecule has 1 N–H and O–H groups in total. The summed E-state index contributed by atoms with van der Waals surface area (Å²) in [4.78, 5) is 0. The predicted molar refractivity (Wildman–Crippen MR) is 63.5 cm³/mol. The molecule has 1 aromatic heterocycles. The zero-order valence-electron chi connectivity index (χ0n) is 8.18. The lowest BCUT2D eigenvalue weighted by molar-refractivity contribution is 0.553. The van der Waals surface area contributed by atoms with Gasteiger partial charge in [-0.2, -0.15) is 0 Å². The van der Waals surface area contributed by atoms with Crippen molar-refractivity contribution in [2.75, 3.05) is 0 Å². The first-order valence-electron chi connectivity index (χ1n) is 4.78. The second-order valence-corrected chi connectivity index (χ2v) is 6.27. The molecule has 0 aromatic carbocycles. The number of nitrogens with one attached hydrogen (secondary N) is 1. The molecule has 1 unspecified atom stereocenters. The molecular formula is C10H13Cl2NS. The molecule has 1 saturated carbocycles. The number of thiophene rings is 1. The molecule has 0 radical (unpaired) electrons. The van der Waals surface area contributed by atoms with Crippen molar-refractivity contribution >= 4 is 34.5 Å². The Labute approximate surface area is 98.4 Å². The summed E-state index contributed by atoms with van der Waals surface area (Å²) < 4.78 is 1.57. The molecule has 3 atom stereocenters. The molecule has 0 amide bonds. The SMILES string of the molecule is CC(N[C@@H]1C[C@H]1C)c1cc(Cl)sc1Cl. The van der Waals surface area contributed by atoms with Crippen LogP contribution in [0.1, 0.15) is 31.9 Å². The van der Waals surface area contributed by atoms with Crippen LogP contribution in [0.3, 0.4) is 0 Å². The Balaban J connectivity index is 2.03. The fourth-order valence-corrected chi connectivity index (χ4v) is 3.26. The van der Waals surface area contributed by atoms with Crippen LogP contribution in [0.4, 0.5) is 0 Å². The minimum atomic E-state index is 0.307. The molecule has 1 fully saturated rings. The molecule has 1 heterocycles. The van der Waals surface area contributed by atoms with E-state index >= 15 is 0 Å². The molecule has 1 nitrogen and oxygen atoms in total. The minimum Gasteiger partial charge on any atom is -0.307 e. The van der Waals surface area contributed by atoms with E-state index in [9.17, 15) is 0 Å². The zero-order valence-corrected chi connectivity index (χ0v) is 10.5. The quantitative estimate of drug-likeness (QED) is 0.851. The second-order valence-electron chi connectivity index (χ2n) is 3.99. The topological polar surface area (TPSA) is 12.0 Å². The maximum Gasteiger partial charge on any atom is 0.0991 e. The van der Waals surface area contributed by atoms with Gasteiger partial charge in [0.05, 0.1) is 8.67 Å². The summed E-state index contributed by atoms with van der Waals surface area (Å²) in [5, 5.41) is 3.54. The van der Waals surface area contributed by atoms with Crippen molar-refractivity contribution in [1.82, 2.24) is 5.32 Å². The van der Waals surface area contributed by atoms with Crippen molar-refractivity contribution in [3.63, 3.8) is 0 Å². The molecule has 14 heavy (non-hydrogen) atoms. The normalized spacial score (nSPS) is 27.7. The van der Waals surface area contributed by atoms with Crippen molar-refractivity contribution in [2.24, 2.45) is 5.92 Å². The Morgan fingerprint density at radius 1 is 1.57 bits per heavy atom. The van der Waals surface area contributed by atoms with Crippen LogP contribution in [0.15, 0.2) is 6.07 Å². The van der Waals surface area contributed by atoms with Crippen LogP contribution in [-0.2, 0) is 0 Å². The third kappa shape index (κ3) is 2.25. The average molecular weight is 250 g/mol. The van der Waals surface area contributed by atoms with E-state index in [1.54, 1.807) is 0 Å². The van der Waals surface area contributed by atoms with E-state index in [1.165, 1.54) is 17.8 Å². The Morgan fingerprint density at radius 2 is 2.21 bits per heavy atom. The standard InChI is InChI=1S/C10H13Cl2NS/c1-5-3-8(5)13-6(2)7-4-9(11)14-10(7)12/h4-6,8,13H,3H2,1-2H3/t5-,6?,8-/m1/s1. The highest BCUT2D eigenvalue weighted by atomic mass is 35.5. The summed E-state index contributed by atoms with van der Waals surface area (Å²) in [6.07, 6.45) is 1.28. The first-order chi connectivity index (χ1) is 6.58. The van der Waals surface area contributed by atoms with Gasteiger partial charge in [-0.15, -0.1) is 11.3 Å². The van der Waals surface area contributed by atoms with Gasteiger partial charge in [-0.3, -0.25) is 0 Å². The summed E-state index contributed by atoms with van der Waals surface area (Å²) in [6.45, 7) is 4.39. The summed E-state index contributed by atoms with van der Waals surface area (Å²) in [6, 6.07) is 2.93.